The lowest BCUT2D eigenvalue weighted by molar-refractivity contribution is 0.0690. The maximum absolute atomic E-state index is 13.3. The lowest BCUT2D eigenvalue weighted by atomic mass is 10.1. The van der Waals surface area contributed by atoms with Crippen LogP contribution in [0.4, 0.5) is 5.82 Å². The van der Waals surface area contributed by atoms with Crippen molar-refractivity contribution in [3.8, 4) is 11.6 Å². The summed E-state index contributed by atoms with van der Waals surface area (Å²) in [6.45, 7) is 6.37. The third-order valence-corrected chi connectivity index (χ3v) is 4.75. The molecule has 29 heavy (non-hydrogen) atoms. The molecule has 4 aromatic rings. The van der Waals surface area contributed by atoms with E-state index in [4.69, 9.17) is 10.2 Å². The van der Waals surface area contributed by atoms with E-state index in [9.17, 15) is 4.79 Å². The third kappa shape index (κ3) is 3.71. The van der Waals surface area contributed by atoms with Crippen molar-refractivity contribution in [3.05, 3.63) is 71.5 Å². The van der Waals surface area contributed by atoms with Gasteiger partial charge in [0.15, 0.2) is 11.4 Å². The van der Waals surface area contributed by atoms with Gasteiger partial charge in [-0.25, -0.2) is 4.98 Å². The van der Waals surface area contributed by atoms with E-state index in [1.807, 2.05) is 68.1 Å². The summed E-state index contributed by atoms with van der Waals surface area (Å²) in [7, 11) is 0. The van der Waals surface area contributed by atoms with Crippen LogP contribution in [-0.4, -0.2) is 31.4 Å². The topological polar surface area (TPSA) is 89.7 Å². The number of anilines is 1. The first-order valence-corrected chi connectivity index (χ1v) is 9.50. The quantitative estimate of drug-likeness (QED) is 0.558. The van der Waals surface area contributed by atoms with Gasteiger partial charge in [0, 0.05) is 18.2 Å². The number of pyridine rings is 1. The van der Waals surface area contributed by atoms with Gasteiger partial charge in [0.05, 0.1) is 0 Å². The molecule has 0 aliphatic heterocycles. The number of nitrogens with two attached hydrogens (primary N) is 1. The van der Waals surface area contributed by atoms with Crippen LogP contribution in [0.5, 0.6) is 0 Å². The predicted molar refractivity (Wildman–Crippen MR) is 111 cm³/mol. The molecule has 0 fully saturated rings. The Morgan fingerprint density at radius 2 is 1.93 bits per heavy atom. The van der Waals surface area contributed by atoms with Crippen molar-refractivity contribution < 1.29 is 9.21 Å². The van der Waals surface area contributed by atoms with Crippen LogP contribution in [0.15, 0.2) is 59.0 Å². The van der Waals surface area contributed by atoms with Crippen molar-refractivity contribution >= 4 is 17.4 Å². The highest BCUT2D eigenvalue weighted by Gasteiger charge is 2.21. The summed E-state index contributed by atoms with van der Waals surface area (Å²) >= 11 is 0. The van der Waals surface area contributed by atoms with Crippen molar-refractivity contribution in [2.45, 2.75) is 33.4 Å². The zero-order valence-corrected chi connectivity index (χ0v) is 16.7. The van der Waals surface area contributed by atoms with E-state index in [0.29, 0.717) is 35.2 Å². The second-order valence-corrected chi connectivity index (χ2v) is 7.30. The van der Waals surface area contributed by atoms with Crippen LogP contribution in [0.1, 0.15) is 35.5 Å². The van der Waals surface area contributed by atoms with Crippen LogP contribution < -0.4 is 5.73 Å². The van der Waals surface area contributed by atoms with Gasteiger partial charge in [0.1, 0.15) is 11.6 Å². The van der Waals surface area contributed by atoms with Crippen LogP contribution in [0.2, 0.25) is 0 Å². The van der Waals surface area contributed by atoms with Gasteiger partial charge in [-0.2, -0.15) is 4.52 Å². The summed E-state index contributed by atoms with van der Waals surface area (Å²) in [5, 5.41) is 4.41. The molecule has 7 heteroatoms. The Morgan fingerprint density at radius 3 is 2.59 bits per heavy atom. The highest BCUT2D eigenvalue weighted by atomic mass is 16.3. The minimum atomic E-state index is -0.101. The fraction of sp³-hybridized carbons (Fsp3) is 0.227. The largest absolute Gasteiger partial charge is 0.458 e. The number of aryl methyl sites for hydroxylation is 1. The number of rotatable bonds is 5. The molecule has 4 rings (SSSR count). The van der Waals surface area contributed by atoms with Crippen molar-refractivity contribution in [2.75, 3.05) is 5.73 Å². The predicted octanol–water partition coefficient (Wildman–Crippen LogP) is 3.93. The summed E-state index contributed by atoms with van der Waals surface area (Å²) in [6.07, 6.45) is 0. The first kappa shape index (κ1) is 18.7. The molecule has 0 unspecified atom stereocenters. The van der Waals surface area contributed by atoms with Crippen molar-refractivity contribution in [3.63, 3.8) is 0 Å². The molecule has 0 aliphatic rings. The lowest BCUT2D eigenvalue weighted by Crippen LogP contribution is -2.36. The van der Waals surface area contributed by atoms with E-state index < -0.39 is 0 Å². The van der Waals surface area contributed by atoms with E-state index in [2.05, 4.69) is 10.1 Å². The highest BCUT2D eigenvalue weighted by molar-refractivity contribution is 5.96. The van der Waals surface area contributed by atoms with Crippen LogP contribution >= 0.6 is 0 Å². The van der Waals surface area contributed by atoms with E-state index in [0.717, 1.165) is 11.3 Å². The van der Waals surface area contributed by atoms with Crippen molar-refractivity contribution in [1.82, 2.24) is 19.5 Å². The number of hydrogen-bond donors (Lipinski definition) is 1. The molecular formula is C22H23N5O2. The smallest absolute Gasteiger partial charge is 0.254 e. The Balaban J connectivity index is 1.69. The average molecular weight is 389 g/mol. The SMILES string of the molecule is Cc1ccc(-c2nc3cc(C(=O)N(Cc4ccccc4)C(C)C)cc(N)n3n2)o1. The summed E-state index contributed by atoms with van der Waals surface area (Å²) < 4.78 is 7.11. The molecule has 3 aromatic heterocycles. The molecule has 0 saturated carbocycles. The fourth-order valence-electron chi connectivity index (χ4n) is 3.23. The Hall–Kier alpha value is -3.61. The van der Waals surface area contributed by atoms with Gasteiger partial charge in [-0.15, -0.1) is 5.10 Å². The number of amides is 1. The molecule has 0 spiro atoms. The number of fused-ring (bicyclic) bond motifs is 1. The summed E-state index contributed by atoms with van der Waals surface area (Å²) in [5.74, 6) is 2.01. The maximum atomic E-state index is 13.3. The summed E-state index contributed by atoms with van der Waals surface area (Å²) in [6, 6.07) is 17.0. The maximum Gasteiger partial charge on any atom is 0.254 e. The molecular weight excluding hydrogens is 366 g/mol. The molecule has 1 amide bonds. The van der Waals surface area contributed by atoms with Gasteiger partial charge >= 0.3 is 0 Å². The zero-order valence-electron chi connectivity index (χ0n) is 16.7. The van der Waals surface area contributed by atoms with Gasteiger partial charge in [-0.3, -0.25) is 4.79 Å². The lowest BCUT2D eigenvalue weighted by Gasteiger charge is -2.27. The minimum absolute atomic E-state index is 0.0275. The second kappa shape index (κ2) is 7.43. The van der Waals surface area contributed by atoms with Gasteiger partial charge in [0.25, 0.3) is 5.91 Å². The van der Waals surface area contributed by atoms with E-state index in [-0.39, 0.29) is 11.9 Å². The molecule has 1 aromatic carbocycles. The van der Waals surface area contributed by atoms with Gasteiger partial charge < -0.3 is 15.1 Å². The van der Waals surface area contributed by atoms with Crippen molar-refractivity contribution in [2.24, 2.45) is 0 Å². The number of nitrogens with zero attached hydrogens (tertiary/aromatic N) is 4. The molecule has 0 atom stereocenters. The highest BCUT2D eigenvalue weighted by Crippen LogP contribution is 2.22. The Labute approximate surface area is 168 Å². The Kier molecular flexibility index (Phi) is 4.80. The number of carbonyl (C=O) groups excluding carboxylic acids is 1. The standard InChI is InChI=1S/C22H23N5O2/c1-14(2)26(13-16-7-5-4-6-8-16)22(28)17-11-19(23)27-20(12-17)24-21(25-27)18-10-9-15(3)29-18/h4-12,14H,13,23H2,1-3H3. The molecule has 0 saturated heterocycles. The number of furan rings is 1. The van der Waals surface area contributed by atoms with Crippen LogP contribution in [0.3, 0.4) is 0 Å². The number of aromatic nitrogens is 3. The first-order chi connectivity index (χ1) is 13.9. The van der Waals surface area contributed by atoms with E-state index in [1.54, 1.807) is 12.1 Å². The van der Waals surface area contributed by atoms with E-state index in [1.165, 1.54) is 4.52 Å². The van der Waals surface area contributed by atoms with Crippen LogP contribution in [0.25, 0.3) is 17.2 Å². The van der Waals surface area contributed by atoms with Gasteiger partial charge in [-0.1, -0.05) is 30.3 Å². The van der Waals surface area contributed by atoms with Gasteiger partial charge in [-0.05, 0) is 50.6 Å². The second-order valence-electron chi connectivity index (χ2n) is 7.30. The number of nitrogen functional groups attached to an aromatic ring is 1. The monoisotopic (exact) mass is 389 g/mol. The number of carbonyl (C=O) groups is 1. The normalized spacial score (nSPS) is 11.3. The Bertz CT molecular complexity index is 1160. The molecule has 0 radical (unpaired) electrons. The summed E-state index contributed by atoms with van der Waals surface area (Å²) in [5.41, 5.74) is 8.23. The van der Waals surface area contributed by atoms with Crippen molar-refractivity contribution in [1.29, 1.82) is 0 Å². The van der Waals surface area contributed by atoms with Gasteiger partial charge in [0.2, 0.25) is 5.82 Å². The summed E-state index contributed by atoms with van der Waals surface area (Å²) in [4.78, 5) is 19.6. The number of hydrogen-bond acceptors (Lipinski definition) is 5. The molecule has 7 nitrogen and oxygen atoms in total. The number of benzene rings is 1. The molecule has 0 bridgehead atoms. The first-order valence-electron chi connectivity index (χ1n) is 9.50. The van der Waals surface area contributed by atoms with Crippen LogP contribution in [0, 0.1) is 6.92 Å². The zero-order chi connectivity index (χ0) is 20.5. The fourth-order valence-corrected chi connectivity index (χ4v) is 3.23. The Morgan fingerprint density at radius 1 is 1.17 bits per heavy atom. The molecule has 3 heterocycles. The molecule has 2 N–H and O–H groups in total. The molecule has 148 valence electrons. The van der Waals surface area contributed by atoms with Crippen LogP contribution in [-0.2, 0) is 6.54 Å². The minimum Gasteiger partial charge on any atom is -0.458 e. The third-order valence-electron chi connectivity index (χ3n) is 4.75. The molecule has 0 aliphatic carbocycles. The average Bonchev–Trinajstić information content (AvgIpc) is 3.32. The van der Waals surface area contributed by atoms with E-state index >= 15 is 0 Å².